The second kappa shape index (κ2) is 6.48. The van der Waals surface area contributed by atoms with Crippen molar-refractivity contribution >= 4 is 28.0 Å². The van der Waals surface area contributed by atoms with Crippen LogP contribution in [0.25, 0.3) is 6.08 Å². The Morgan fingerprint density at radius 1 is 1.50 bits per heavy atom. The Kier molecular flexibility index (Phi) is 5.26. The Morgan fingerprint density at radius 2 is 2.25 bits per heavy atom. The fourth-order valence-electron chi connectivity index (χ4n) is 1.28. The maximum absolute atomic E-state index is 11.1. The molecule has 16 heavy (non-hydrogen) atoms. The molecule has 0 amide bonds. The first-order valence-corrected chi connectivity index (χ1v) is 6.01. The highest BCUT2D eigenvalue weighted by Gasteiger charge is 1.97. The minimum absolute atomic E-state index is 0.187. The molecule has 86 valence electrons. The van der Waals surface area contributed by atoms with Crippen molar-refractivity contribution in [2.45, 2.75) is 20.3 Å². The van der Waals surface area contributed by atoms with E-state index in [1.54, 1.807) is 6.92 Å². The number of ether oxygens (including phenoxy) is 1. The van der Waals surface area contributed by atoms with Gasteiger partial charge in [-0.05, 0) is 31.0 Å². The molecule has 0 aliphatic carbocycles. The zero-order valence-electron chi connectivity index (χ0n) is 9.50. The summed E-state index contributed by atoms with van der Waals surface area (Å²) in [5.74, 6) is -0.187. The summed E-state index contributed by atoms with van der Waals surface area (Å²) in [6.45, 7) is 4.27. The molecule has 0 spiro atoms. The predicted molar refractivity (Wildman–Crippen MR) is 69.2 cm³/mol. The highest BCUT2D eigenvalue weighted by Crippen LogP contribution is 2.17. The third kappa shape index (κ3) is 4.19. The number of hydrogen-bond acceptors (Lipinski definition) is 2. The molecule has 3 heteroatoms. The first-order valence-electron chi connectivity index (χ1n) is 5.21. The van der Waals surface area contributed by atoms with Crippen LogP contribution in [0, 0.1) is 6.92 Å². The molecule has 0 aliphatic heterocycles. The molecule has 0 unspecified atom stereocenters. The second-order valence-electron chi connectivity index (χ2n) is 3.42. The van der Waals surface area contributed by atoms with E-state index in [0.29, 0.717) is 13.0 Å². The summed E-state index contributed by atoms with van der Waals surface area (Å²) in [5.41, 5.74) is 2.27. The molecule has 0 heterocycles. The lowest BCUT2D eigenvalue weighted by atomic mass is 10.1. The second-order valence-corrected chi connectivity index (χ2v) is 4.27. The van der Waals surface area contributed by atoms with Crippen LogP contribution in [-0.4, -0.2) is 12.6 Å². The van der Waals surface area contributed by atoms with Gasteiger partial charge in [0.1, 0.15) is 0 Å². The van der Waals surface area contributed by atoms with Crippen LogP contribution < -0.4 is 0 Å². The third-order valence-electron chi connectivity index (χ3n) is 2.08. The van der Waals surface area contributed by atoms with Gasteiger partial charge in [0.05, 0.1) is 13.0 Å². The summed E-state index contributed by atoms with van der Waals surface area (Å²) in [4.78, 5) is 11.1. The molecular formula is C13H15BrO2. The van der Waals surface area contributed by atoms with Gasteiger partial charge in [0.25, 0.3) is 0 Å². The van der Waals surface area contributed by atoms with Crippen molar-refractivity contribution in [2.24, 2.45) is 0 Å². The van der Waals surface area contributed by atoms with E-state index < -0.39 is 0 Å². The number of hydrogen-bond donors (Lipinski definition) is 0. The lowest BCUT2D eigenvalue weighted by molar-refractivity contribution is -0.142. The van der Waals surface area contributed by atoms with E-state index in [-0.39, 0.29) is 5.97 Å². The molecule has 0 fully saturated rings. The van der Waals surface area contributed by atoms with Crippen LogP contribution in [0.3, 0.4) is 0 Å². The Morgan fingerprint density at radius 3 is 2.88 bits per heavy atom. The first kappa shape index (κ1) is 13.0. The van der Waals surface area contributed by atoms with Gasteiger partial charge in [-0.2, -0.15) is 0 Å². The number of benzene rings is 1. The van der Waals surface area contributed by atoms with Crippen molar-refractivity contribution in [1.29, 1.82) is 0 Å². The van der Waals surface area contributed by atoms with Crippen molar-refractivity contribution in [2.75, 3.05) is 6.61 Å². The molecule has 1 rings (SSSR count). The molecule has 0 radical (unpaired) electrons. The maximum Gasteiger partial charge on any atom is 0.309 e. The van der Waals surface area contributed by atoms with E-state index in [1.165, 1.54) is 5.56 Å². The predicted octanol–water partition coefficient (Wildman–Crippen LogP) is 3.72. The molecule has 1 aromatic rings. The maximum atomic E-state index is 11.1. The molecule has 0 atom stereocenters. The largest absolute Gasteiger partial charge is 0.466 e. The van der Waals surface area contributed by atoms with Gasteiger partial charge >= 0.3 is 5.97 Å². The lowest BCUT2D eigenvalue weighted by Crippen LogP contribution is -2.01. The summed E-state index contributed by atoms with van der Waals surface area (Å²) in [7, 11) is 0. The van der Waals surface area contributed by atoms with Crippen LogP contribution in [0.15, 0.2) is 28.7 Å². The average molecular weight is 283 g/mol. The summed E-state index contributed by atoms with van der Waals surface area (Å²) < 4.78 is 5.92. The number of carbonyl (C=O) groups excluding carboxylic acids is 1. The van der Waals surface area contributed by atoms with Crippen molar-refractivity contribution in [3.63, 3.8) is 0 Å². The van der Waals surface area contributed by atoms with Gasteiger partial charge in [-0.15, -0.1) is 0 Å². The number of aryl methyl sites for hydroxylation is 1. The van der Waals surface area contributed by atoms with Crippen LogP contribution in [0.4, 0.5) is 0 Å². The molecular weight excluding hydrogens is 268 g/mol. The fraction of sp³-hybridized carbons (Fsp3) is 0.308. The van der Waals surface area contributed by atoms with Crippen molar-refractivity contribution in [1.82, 2.24) is 0 Å². The standard InChI is InChI=1S/C13H15BrO2/c1-3-16-13(15)6-4-5-11-7-8-12(14)10(2)9-11/h4-5,7-9H,3,6H2,1-2H3. The topological polar surface area (TPSA) is 26.3 Å². The number of rotatable bonds is 4. The van der Waals surface area contributed by atoms with E-state index in [9.17, 15) is 4.79 Å². The first-order chi connectivity index (χ1) is 7.63. The van der Waals surface area contributed by atoms with E-state index in [0.717, 1.165) is 10.0 Å². The van der Waals surface area contributed by atoms with Crippen molar-refractivity contribution in [3.05, 3.63) is 39.9 Å². The van der Waals surface area contributed by atoms with Crippen LogP contribution in [-0.2, 0) is 9.53 Å². The summed E-state index contributed by atoms with van der Waals surface area (Å²) in [6.07, 6.45) is 4.07. The summed E-state index contributed by atoms with van der Waals surface area (Å²) >= 11 is 3.44. The Labute approximate surface area is 104 Å². The molecule has 0 saturated heterocycles. The normalized spacial score (nSPS) is 10.7. The van der Waals surface area contributed by atoms with Crippen LogP contribution in [0.5, 0.6) is 0 Å². The van der Waals surface area contributed by atoms with Crippen molar-refractivity contribution in [3.8, 4) is 0 Å². The lowest BCUT2D eigenvalue weighted by Gasteiger charge is -2.00. The van der Waals surface area contributed by atoms with E-state index in [1.807, 2.05) is 31.2 Å². The Balaban J connectivity index is 2.56. The number of halogens is 1. The van der Waals surface area contributed by atoms with Gasteiger partial charge in [0.15, 0.2) is 0 Å². The molecule has 2 nitrogen and oxygen atoms in total. The fourth-order valence-corrected chi connectivity index (χ4v) is 1.53. The zero-order chi connectivity index (χ0) is 12.0. The highest BCUT2D eigenvalue weighted by atomic mass is 79.9. The number of esters is 1. The van der Waals surface area contributed by atoms with Crippen LogP contribution in [0.2, 0.25) is 0 Å². The number of carbonyl (C=O) groups is 1. The highest BCUT2D eigenvalue weighted by molar-refractivity contribution is 9.10. The van der Waals surface area contributed by atoms with Gasteiger partial charge in [0.2, 0.25) is 0 Å². The van der Waals surface area contributed by atoms with E-state index in [4.69, 9.17) is 4.74 Å². The Hall–Kier alpha value is -1.09. The summed E-state index contributed by atoms with van der Waals surface area (Å²) in [5, 5.41) is 0. The van der Waals surface area contributed by atoms with Gasteiger partial charge < -0.3 is 4.74 Å². The molecule has 0 aromatic heterocycles. The van der Waals surface area contributed by atoms with Crippen LogP contribution >= 0.6 is 15.9 Å². The van der Waals surface area contributed by atoms with Gasteiger partial charge in [-0.25, -0.2) is 0 Å². The minimum atomic E-state index is -0.187. The third-order valence-corrected chi connectivity index (χ3v) is 2.97. The molecule has 0 saturated carbocycles. The van der Waals surface area contributed by atoms with Crippen LogP contribution in [0.1, 0.15) is 24.5 Å². The molecule has 0 aliphatic rings. The SMILES string of the molecule is CCOC(=O)CC=Cc1ccc(Br)c(C)c1. The van der Waals surface area contributed by atoms with Crippen molar-refractivity contribution < 1.29 is 9.53 Å². The minimum Gasteiger partial charge on any atom is -0.466 e. The smallest absolute Gasteiger partial charge is 0.309 e. The average Bonchev–Trinajstić information content (AvgIpc) is 2.24. The zero-order valence-corrected chi connectivity index (χ0v) is 11.1. The molecule has 0 bridgehead atoms. The summed E-state index contributed by atoms with van der Waals surface area (Å²) in [6, 6.07) is 6.06. The van der Waals surface area contributed by atoms with Gasteiger partial charge in [-0.1, -0.05) is 40.2 Å². The molecule has 1 aromatic carbocycles. The van der Waals surface area contributed by atoms with Gasteiger partial charge in [0, 0.05) is 4.47 Å². The van der Waals surface area contributed by atoms with Gasteiger partial charge in [-0.3, -0.25) is 4.79 Å². The Bertz CT molecular complexity index is 397. The quantitative estimate of drug-likeness (QED) is 0.787. The monoisotopic (exact) mass is 282 g/mol. The van der Waals surface area contributed by atoms with E-state index >= 15 is 0 Å². The molecule has 0 N–H and O–H groups in total. The van der Waals surface area contributed by atoms with E-state index in [2.05, 4.69) is 22.0 Å².